The highest BCUT2D eigenvalue weighted by Gasteiger charge is 2.07. The van der Waals surface area contributed by atoms with Crippen molar-refractivity contribution in [2.24, 2.45) is 7.05 Å². The molecule has 0 atom stereocenters. The van der Waals surface area contributed by atoms with Gasteiger partial charge in [-0.3, -0.25) is 4.68 Å². The smallest absolute Gasteiger partial charge is 0.130 e. The van der Waals surface area contributed by atoms with E-state index >= 15 is 0 Å². The molecule has 0 radical (unpaired) electrons. The monoisotopic (exact) mass is 204 g/mol. The molecule has 0 amide bonds. The lowest BCUT2D eigenvalue weighted by atomic mass is 10.1. The van der Waals surface area contributed by atoms with Gasteiger partial charge < -0.3 is 9.84 Å². The standard InChI is InChI=1S/C11H12N2O2/c1-13-7-8(6-12-13)10-4-3-9(14)5-11(10)15-2/h3-7,14H,1-2H3. The highest BCUT2D eigenvalue weighted by atomic mass is 16.5. The number of hydrogen-bond donors (Lipinski definition) is 1. The van der Waals surface area contributed by atoms with E-state index in [0.717, 1.165) is 11.1 Å². The van der Waals surface area contributed by atoms with Gasteiger partial charge in [-0.15, -0.1) is 0 Å². The maximum atomic E-state index is 9.32. The van der Waals surface area contributed by atoms with Crippen molar-refractivity contribution >= 4 is 0 Å². The summed E-state index contributed by atoms with van der Waals surface area (Å²) >= 11 is 0. The van der Waals surface area contributed by atoms with Crippen LogP contribution in [0, 0.1) is 0 Å². The Hall–Kier alpha value is -1.97. The van der Waals surface area contributed by atoms with Gasteiger partial charge in [-0.25, -0.2) is 0 Å². The zero-order valence-electron chi connectivity index (χ0n) is 8.64. The normalized spacial score (nSPS) is 10.3. The Morgan fingerprint density at radius 2 is 2.20 bits per heavy atom. The van der Waals surface area contributed by atoms with Crippen LogP contribution in [0.1, 0.15) is 0 Å². The number of phenols is 1. The van der Waals surface area contributed by atoms with Crippen molar-refractivity contribution in [1.29, 1.82) is 0 Å². The van der Waals surface area contributed by atoms with Crippen molar-refractivity contribution in [3.05, 3.63) is 30.6 Å². The number of rotatable bonds is 2. The van der Waals surface area contributed by atoms with E-state index in [2.05, 4.69) is 5.10 Å². The predicted molar refractivity (Wildman–Crippen MR) is 56.9 cm³/mol. The highest BCUT2D eigenvalue weighted by Crippen LogP contribution is 2.32. The SMILES string of the molecule is COc1cc(O)ccc1-c1cnn(C)c1. The third-order valence-corrected chi connectivity index (χ3v) is 2.20. The zero-order chi connectivity index (χ0) is 10.8. The Balaban J connectivity index is 2.52. The summed E-state index contributed by atoms with van der Waals surface area (Å²) in [7, 11) is 3.44. The second kappa shape index (κ2) is 3.65. The predicted octanol–water partition coefficient (Wildman–Crippen LogP) is 1.80. The van der Waals surface area contributed by atoms with Crippen LogP contribution in [0.2, 0.25) is 0 Å². The Labute approximate surface area is 87.7 Å². The molecule has 1 N–H and O–H groups in total. The molecule has 1 heterocycles. The van der Waals surface area contributed by atoms with Gasteiger partial charge in [-0.2, -0.15) is 5.10 Å². The largest absolute Gasteiger partial charge is 0.508 e. The molecular weight excluding hydrogens is 192 g/mol. The van der Waals surface area contributed by atoms with Gasteiger partial charge in [-0.05, 0) is 12.1 Å². The minimum atomic E-state index is 0.194. The quantitative estimate of drug-likeness (QED) is 0.811. The van der Waals surface area contributed by atoms with Crippen molar-refractivity contribution in [2.45, 2.75) is 0 Å². The summed E-state index contributed by atoms with van der Waals surface area (Å²) in [5.41, 5.74) is 1.89. The summed E-state index contributed by atoms with van der Waals surface area (Å²) in [6.07, 6.45) is 3.66. The molecule has 1 aromatic carbocycles. The number of aryl methyl sites for hydroxylation is 1. The van der Waals surface area contributed by atoms with Crippen molar-refractivity contribution in [2.75, 3.05) is 7.11 Å². The van der Waals surface area contributed by atoms with E-state index in [1.54, 1.807) is 30.1 Å². The Kier molecular flexibility index (Phi) is 2.33. The lowest BCUT2D eigenvalue weighted by molar-refractivity contribution is 0.409. The zero-order valence-corrected chi connectivity index (χ0v) is 8.64. The van der Waals surface area contributed by atoms with Gasteiger partial charge in [0.15, 0.2) is 0 Å². The maximum Gasteiger partial charge on any atom is 0.130 e. The van der Waals surface area contributed by atoms with E-state index in [4.69, 9.17) is 4.74 Å². The summed E-state index contributed by atoms with van der Waals surface area (Å²) in [5, 5.41) is 13.4. The molecule has 2 rings (SSSR count). The highest BCUT2D eigenvalue weighted by molar-refractivity contribution is 5.70. The molecule has 0 fully saturated rings. The molecule has 0 aliphatic carbocycles. The van der Waals surface area contributed by atoms with Crippen LogP contribution < -0.4 is 4.74 Å². The molecule has 0 spiro atoms. The first-order valence-electron chi connectivity index (χ1n) is 4.56. The third kappa shape index (κ3) is 1.79. The Morgan fingerprint density at radius 3 is 2.80 bits per heavy atom. The van der Waals surface area contributed by atoms with E-state index in [9.17, 15) is 5.11 Å². The molecule has 0 aliphatic rings. The molecule has 1 aromatic heterocycles. The van der Waals surface area contributed by atoms with Crippen LogP contribution in [-0.4, -0.2) is 22.0 Å². The Morgan fingerprint density at radius 1 is 1.40 bits per heavy atom. The van der Waals surface area contributed by atoms with Gasteiger partial charge in [0.1, 0.15) is 11.5 Å². The first-order chi connectivity index (χ1) is 7.20. The average Bonchev–Trinajstić information content (AvgIpc) is 2.64. The van der Waals surface area contributed by atoms with Crippen LogP contribution in [0.5, 0.6) is 11.5 Å². The molecule has 78 valence electrons. The summed E-state index contributed by atoms with van der Waals surface area (Å²) in [4.78, 5) is 0. The summed E-state index contributed by atoms with van der Waals surface area (Å²) < 4.78 is 6.92. The molecule has 2 aromatic rings. The maximum absolute atomic E-state index is 9.32. The van der Waals surface area contributed by atoms with Crippen molar-refractivity contribution in [3.63, 3.8) is 0 Å². The number of hydrogen-bond acceptors (Lipinski definition) is 3. The molecule has 0 saturated heterocycles. The number of methoxy groups -OCH3 is 1. The minimum Gasteiger partial charge on any atom is -0.508 e. The lowest BCUT2D eigenvalue weighted by Crippen LogP contribution is -1.87. The molecular formula is C11H12N2O2. The third-order valence-electron chi connectivity index (χ3n) is 2.20. The van der Waals surface area contributed by atoms with Gasteiger partial charge in [0.2, 0.25) is 0 Å². The second-order valence-electron chi connectivity index (χ2n) is 3.29. The summed E-state index contributed by atoms with van der Waals surface area (Å²) in [6, 6.07) is 5.03. The van der Waals surface area contributed by atoms with Crippen LogP contribution in [0.15, 0.2) is 30.6 Å². The van der Waals surface area contributed by atoms with Crippen molar-refractivity contribution in [3.8, 4) is 22.6 Å². The van der Waals surface area contributed by atoms with E-state index in [1.807, 2.05) is 19.3 Å². The van der Waals surface area contributed by atoms with E-state index in [0.29, 0.717) is 5.75 Å². The van der Waals surface area contributed by atoms with Crippen LogP contribution >= 0.6 is 0 Å². The van der Waals surface area contributed by atoms with Crippen molar-refractivity contribution in [1.82, 2.24) is 9.78 Å². The van der Waals surface area contributed by atoms with Crippen molar-refractivity contribution < 1.29 is 9.84 Å². The number of ether oxygens (including phenoxy) is 1. The second-order valence-corrected chi connectivity index (χ2v) is 3.29. The van der Waals surface area contributed by atoms with Gasteiger partial charge in [0.05, 0.1) is 13.3 Å². The topological polar surface area (TPSA) is 47.3 Å². The number of aromatic hydroxyl groups is 1. The van der Waals surface area contributed by atoms with Crippen LogP contribution in [0.25, 0.3) is 11.1 Å². The molecule has 0 aliphatic heterocycles. The first kappa shape index (κ1) is 9.58. The molecule has 15 heavy (non-hydrogen) atoms. The van der Waals surface area contributed by atoms with Crippen LogP contribution in [0.4, 0.5) is 0 Å². The van der Waals surface area contributed by atoms with Gasteiger partial charge >= 0.3 is 0 Å². The fraction of sp³-hybridized carbons (Fsp3) is 0.182. The average molecular weight is 204 g/mol. The molecule has 0 unspecified atom stereocenters. The fourth-order valence-electron chi connectivity index (χ4n) is 1.48. The van der Waals surface area contributed by atoms with Gasteiger partial charge in [0, 0.05) is 30.4 Å². The minimum absolute atomic E-state index is 0.194. The van der Waals surface area contributed by atoms with E-state index < -0.39 is 0 Å². The number of aromatic nitrogens is 2. The van der Waals surface area contributed by atoms with E-state index in [1.165, 1.54) is 0 Å². The lowest BCUT2D eigenvalue weighted by Gasteiger charge is -2.06. The van der Waals surface area contributed by atoms with Gasteiger partial charge in [-0.1, -0.05) is 0 Å². The molecule has 0 saturated carbocycles. The van der Waals surface area contributed by atoms with Gasteiger partial charge in [0.25, 0.3) is 0 Å². The Bertz CT molecular complexity index is 477. The molecule has 4 heteroatoms. The van der Waals surface area contributed by atoms with Crippen LogP contribution in [-0.2, 0) is 7.05 Å². The van der Waals surface area contributed by atoms with E-state index in [-0.39, 0.29) is 5.75 Å². The molecule has 0 bridgehead atoms. The molecule has 4 nitrogen and oxygen atoms in total. The number of phenolic OH excluding ortho intramolecular Hbond substituents is 1. The number of benzene rings is 1. The van der Waals surface area contributed by atoms with Crippen LogP contribution in [0.3, 0.4) is 0 Å². The number of nitrogens with zero attached hydrogens (tertiary/aromatic N) is 2. The first-order valence-corrected chi connectivity index (χ1v) is 4.56. The fourth-order valence-corrected chi connectivity index (χ4v) is 1.48. The summed E-state index contributed by atoms with van der Waals surface area (Å²) in [6.45, 7) is 0. The summed E-state index contributed by atoms with van der Waals surface area (Å²) in [5.74, 6) is 0.836.